The van der Waals surface area contributed by atoms with Crippen LogP contribution in [0.5, 0.6) is 17.2 Å². The van der Waals surface area contributed by atoms with Crippen molar-refractivity contribution in [2.24, 2.45) is 0 Å². The highest BCUT2D eigenvalue weighted by Gasteiger charge is 2.10. The SMILES string of the molecule is Oc1ccc(CNCc2ccoc2)c(O)c1O. The molecule has 0 bridgehead atoms. The summed E-state index contributed by atoms with van der Waals surface area (Å²) in [5.74, 6) is -1.13. The highest BCUT2D eigenvalue weighted by atomic mass is 16.3. The maximum atomic E-state index is 9.57. The van der Waals surface area contributed by atoms with Gasteiger partial charge in [0.05, 0.1) is 12.5 Å². The summed E-state index contributed by atoms with van der Waals surface area (Å²) in [5, 5.41) is 31.1. The number of furan rings is 1. The molecule has 0 aliphatic carbocycles. The molecule has 0 unspecified atom stereocenters. The second kappa shape index (κ2) is 4.80. The Kier molecular flexibility index (Phi) is 3.20. The highest BCUT2D eigenvalue weighted by Crippen LogP contribution is 2.36. The summed E-state index contributed by atoms with van der Waals surface area (Å²) in [6.07, 6.45) is 3.21. The lowest BCUT2D eigenvalue weighted by atomic mass is 10.1. The minimum atomic E-state index is -0.493. The fourth-order valence-corrected chi connectivity index (χ4v) is 1.49. The Morgan fingerprint density at radius 1 is 1.00 bits per heavy atom. The minimum absolute atomic E-state index is 0.301. The van der Waals surface area contributed by atoms with Crippen molar-refractivity contribution in [2.45, 2.75) is 13.1 Å². The first-order valence-corrected chi connectivity index (χ1v) is 5.13. The number of phenolic OH excluding ortho intramolecular Hbond substituents is 3. The number of hydrogen-bond acceptors (Lipinski definition) is 5. The van der Waals surface area contributed by atoms with E-state index >= 15 is 0 Å². The van der Waals surface area contributed by atoms with E-state index in [1.165, 1.54) is 6.07 Å². The van der Waals surface area contributed by atoms with Crippen LogP contribution in [-0.4, -0.2) is 15.3 Å². The normalized spacial score (nSPS) is 10.6. The zero-order valence-electron chi connectivity index (χ0n) is 9.05. The van der Waals surface area contributed by atoms with Crippen LogP contribution >= 0.6 is 0 Å². The summed E-state index contributed by atoms with van der Waals surface area (Å²) in [7, 11) is 0. The Morgan fingerprint density at radius 3 is 2.53 bits per heavy atom. The Morgan fingerprint density at radius 2 is 1.82 bits per heavy atom. The molecule has 1 heterocycles. The summed E-state index contributed by atoms with van der Waals surface area (Å²) in [5.41, 5.74) is 1.51. The van der Waals surface area contributed by atoms with E-state index in [-0.39, 0.29) is 11.5 Å². The Hall–Kier alpha value is -2.14. The average Bonchev–Trinajstić information content (AvgIpc) is 2.82. The molecule has 0 aliphatic heterocycles. The Labute approximate surface area is 97.9 Å². The first-order chi connectivity index (χ1) is 8.18. The van der Waals surface area contributed by atoms with Gasteiger partial charge in [0.25, 0.3) is 0 Å². The van der Waals surface area contributed by atoms with E-state index < -0.39 is 5.75 Å². The quantitative estimate of drug-likeness (QED) is 0.606. The fraction of sp³-hybridized carbons (Fsp3) is 0.167. The number of nitrogens with one attached hydrogen (secondary N) is 1. The van der Waals surface area contributed by atoms with Crippen molar-refractivity contribution in [3.05, 3.63) is 41.9 Å². The van der Waals surface area contributed by atoms with Crippen molar-refractivity contribution in [2.75, 3.05) is 0 Å². The molecule has 0 atom stereocenters. The van der Waals surface area contributed by atoms with Gasteiger partial charge in [-0.05, 0) is 12.1 Å². The van der Waals surface area contributed by atoms with Gasteiger partial charge < -0.3 is 25.1 Å². The standard InChI is InChI=1S/C12H13NO4/c14-10-2-1-9(11(15)12(10)16)6-13-5-8-3-4-17-7-8/h1-4,7,13-16H,5-6H2. The van der Waals surface area contributed by atoms with Gasteiger partial charge in [-0.1, -0.05) is 6.07 Å². The van der Waals surface area contributed by atoms with Crippen molar-refractivity contribution in [3.8, 4) is 17.2 Å². The van der Waals surface area contributed by atoms with Crippen molar-refractivity contribution < 1.29 is 19.7 Å². The molecule has 90 valence electrons. The van der Waals surface area contributed by atoms with Crippen LogP contribution in [0.4, 0.5) is 0 Å². The maximum Gasteiger partial charge on any atom is 0.200 e. The van der Waals surface area contributed by atoms with Crippen LogP contribution in [0.2, 0.25) is 0 Å². The van der Waals surface area contributed by atoms with Crippen molar-refractivity contribution in [1.29, 1.82) is 0 Å². The predicted molar refractivity (Wildman–Crippen MR) is 60.7 cm³/mol. The van der Waals surface area contributed by atoms with Gasteiger partial charge in [-0.25, -0.2) is 0 Å². The van der Waals surface area contributed by atoms with Crippen LogP contribution < -0.4 is 5.32 Å². The smallest absolute Gasteiger partial charge is 0.200 e. The van der Waals surface area contributed by atoms with Gasteiger partial charge in [-0.15, -0.1) is 0 Å². The van der Waals surface area contributed by atoms with Crippen LogP contribution in [0.15, 0.2) is 35.1 Å². The number of aromatic hydroxyl groups is 3. The van der Waals surface area contributed by atoms with E-state index in [0.29, 0.717) is 18.7 Å². The van der Waals surface area contributed by atoms with E-state index in [1.54, 1.807) is 18.6 Å². The maximum absolute atomic E-state index is 9.57. The second-order valence-electron chi connectivity index (χ2n) is 3.68. The molecule has 5 heteroatoms. The van der Waals surface area contributed by atoms with E-state index in [2.05, 4.69) is 5.32 Å². The van der Waals surface area contributed by atoms with E-state index in [1.807, 2.05) is 6.07 Å². The summed E-state index contributed by atoms with van der Waals surface area (Å²) < 4.78 is 4.91. The lowest BCUT2D eigenvalue weighted by molar-refractivity contribution is 0.364. The molecule has 2 aromatic rings. The lowest BCUT2D eigenvalue weighted by Gasteiger charge is -2.08. The summed E-state index contributed by atoms with van der Waals surface area (Å²) >= 11 is 0. The number of hydrogen-bond donors (Lipinski definition) is 4. The zero-order chi connectivity index (χ0) is 12.3. The molecule has 0 radical (unpaired) electrons. The summed E-state index contributed by atoms with van der Waals surface area (Å²) in [6, 6.07) is 4.72. The Bertz CT molecular complexity index is 493. The van der Waals surface area contributed by atoms with Crippen molar-refractivity contribution in [1.82, 2.24) is 5.32 Å². The van der Waals surface area contributed by atoms with Crippen molar-refractivity contribution >= 4 is 0 Å². The topological polar surface area (TPSA) is 85.9 Å². The van der Waals surface area contributed by atoms with E-state index in [4.69, 9.17) is 9.52 Å². The van der Waals surface area contributed by atoms with Gasteiger partial charge >= 0.3 is 0 Å². The molecule has 0 fully saturated rings. The van der Waals surface area contributed by atoms with Gasteiger partial charge in [0.2, 0.25) is 5.75 Å². The largest absolute Gasteiger partial charge is 0.504 e. The molecule has 1 aromatic carbocycles. The van der Waals surface area contributed by atoms with Crippen molar-refractivity contribution in [3.63, 3.8) is 0 Å². The fourth-order valence-electron chi connectivity index (χ4n) is 1.49. The van der Waals surface area contributed by atoms with Crippen LogP contribution in [0, 0.1) is 0 Å². The first-order valence-electron chi connectivity index (χ1n) is 5.13. The van der Waals surface area contributed by atoms with Crippen LogP contribution in [0.1, 0.15) is 11.1 Å². The first kappa shape index (κ1) is 11.3. The average molecular weight is 235 g/mol. The predicted octanol–water partition coefficient (Wildman–Crippen LogP) is 1.69. The number of phenols is 3. The molecule has 0 saturated heterocycles. The molecule has 5 nitrogen and oxygen atoms in total. The summed E-state index contributed by atoms with van der Waals surface area (Å²) in [6.45, 7) is 0.975. The molecule has 2 rings (SSSR count). The Balaban J connectivity index is 1.97. The molecule has 0 spiro atoms. The summed E-state index contributed by atoms with van der Waals surface area (Å²) in [4.78, 5) is 0. The molecule has 17 heavy (non-hydrogen) atoms. The van der Waals surface area contributed by atoms with E-state index in [0.717, 1.165) is 5.56 Å². The molecule has 0 saturated carbocycles. The molecule has 1 aromatic heterocycles. The molecular formula is C12H13NO4. The molecular weight excluding hydrogens is 222 g/mol. The third-order valence-electron chi connectivity index (χ3n) is 2.44. The zero-order valence-corrected chi connectivity index (χ0v) is 9.05. The van der Waals surface area contributed by atoms with Gasteiger partial charge in [0, 0.05) is 24.2 Å². The number of benzene rings is 1. The lowest BCUT2D eigenvalue weighted by Crippen LogP contribution is -2.12. The second-order valence-corrected chi connectivity index (χ2v) is 3.68. The number of rotatable bonds is 4. The van der Waals surface area contributed by atoms with Crippen LogP contribution in [-0.2, 0) is 13.1 Å². The van der Waals surface area contributed by atoms with Gasteiger partial charge in [0.15, 0.2) is 11.5 Å². The van der Waals surface area contributed by atoms with E-state index in [9.17, 15) is 10.2 Å². The van der Waals surface area contributed by atoms with Gasteiger partial charge in [0.1, 0.15) is 0 Å². The molecule has 0 amide bonds. The highest BCUT2D eigenvalue weighted by molar-refractivity contribution is 5.52. The molecule has 0 aliphatic rings. The third-order valence-corrected chi connectivity index (χ3v) is 2.44. The van der Waals surface area contributed by atoms with Gasteiger partial charge in [-0.3, -0.25) is 0 Å². The van der Waals surface area contributed by atoms with Crippen LogP contribution in [0.3, 0.4) is 0 Å². The third kappa shape index (κ3) is 2.51. The van der Waals surface area contributed by atoms with Gasteiger partial charge in [-0.2, -0.15) is 0 Å². The minimum Gasteiger partial charge on any atom is -0.504 e. The monoisotopic (exact) mass is 235 g/mol. The van der Waals surface area contributed by atoms with Crippen LogP contribution in [0.25, 0.3) is 0 Å². The molecule has 4 N–H and O–H groups in total.